The average Bonchev–Trinajstić information content (AvgIpc) is 2.26. The van der Waals surface area contributed by atoms with Crippen LogP contribution in [-0.4, -0.2) is 55.7 Å². The molecule has 1 N–H and O–H groups in total. The number of carboxylic acids is 1. The SMILES string of the molecule is COC(=O)C(C)S(=O)(=O)N(C)CC(C)C(=O)O. The van der Waals surface area contributed by atoms with Crippen LogP contribution in [0.2, 0.25) is 0 Å². The summed E-state index contributed by atoms with van der Waals surface area (Å²) in [7, 11) is -1.56. The normalized spacial score (nSPS) is 15.4. The zero-order valence-electron chi connectivity index (χ0n) is 10.2. The second-order valence-electron chi connectivity index (χ2n) is 3.73. The molecule has 0 aliphatic heterocycles. The maximum Gasteiger partial charge on any atom is 0.325 e. The fraction of sp³-hybridized carbons (Fsp3) is 0.778. The van der Waals surface area contributed by atoms with Crippen molar-refractivity contribution in [2.75, 3.05) is 20.7 Å². The number of carboxylic acid groups (broad SMARTS) is 1. The first kappa shape index (κ1) is 15.9. The van der Waals surface area contributed by atoms with Crippen molar-refractivity contribution in [1.29, 1.82) is 0 Å². The number of nitrogens with zero attached hydrogens (tertiary/aromatic N) is 1. The number of methoxy groups -OCH3 is 1. The molecule has 100 valence electrons. The van der Waals surface area contributed by atoms with E-state index in [1.165, 1.54) is 20.9 Å². The molecule has 0 aromatic carbocycles. The molecule has 0 fully saturated rings. The van der Waals surface area contributed by atoms with Gasteiger partial charge in [0.1, 0.15) is 0 Å². The minimum atomic E-state index is -3.88. The third-order valence-electron chi connectivity index (χ3n) is 2.37. The molecule has 0 bridgehead atoms. The van der Waals surface area contributed by atoms with Gasteiger partial charge in [0.15, 0.2) is 5.25 Å². The van der Waals surface area contributed by atoms with Crippen LogP contribution in [0.25, 0.3) is 0 Å². The number of aliphatic carboxylic acids is 1. The van der Waals surface area contributed by atoms with Crippen LogP contribution in [0.4, 0.5) is 0 Å². The first-order valence-corrected chi connectivity index (χ1v) is 6.40. The lowest BCUT2D eigenvalue weighted by atomic mass is 10.2. The molecule has 0 heterocycles. The number of sulfonamides is 1. The number of hydrogen-bond acceptors (Lipinski definition) is 5. The van der Waals surface area contributed by atoms with E-state index in [1.54, 1.807) is 0 Å². The molecule has 2 atom stereocenters. The lowest BCUT2D eigenvalue weighted by Gasteiger charge is -2.22. The van der Waals surface area contributed by atoms with E-state index in [4.69, 9.17) is 5.11 Å². The number of hydrogen-bond donors (Lipinski definition) is 1. The second-order valence-corrected chi connectivity index (χ2v) is 6.09. The summed E-state index contributed by atoms with van der Waals surface area (Å²) in [6.45, 7) is 2.39. The van der Waals surface area contributed by atoms with Crippen molar-refractivity contribution in [3.8, 4) is 0 Å². The van der Waals surface area contributed by atoms with Gasteiger partial charge < -0.3 is 9.84 Å². The zero-order valence-corrected chi connectivity index (χ0v) is 11.0. The van der Waals surface area contributed by atoms with Crippen molar-refractivity contribution < 1.29 is 27.9 Å². The van der Waals surface area contributed by atoms with Gasteiger partial charge in [-0.15, -0.1) is 0 Å². The molecular weight excluding hydrogens is 250 g/mol. The van der Waals surface area contributed by atoms with Crippen LogP contribution in [0.5, 0.6) is 0 Å². The highest BCUT2D eigenvalue weighted by atomic mass is 32.2. The third-order valence-corrected chi connectivity index (χ3v) is 4.47. The monoisotopic (exact) mass is 267 g/mol. The van der Waals surface area contributed by atoms with Gasteiger partial charge in [0.2, 0.25) is 10.0 Å². The molecule has 0 aliphatic rings. The van der Waals surface area contributed by atoms with E-state index in [9.17, 15) is 18.0 Å². The Hall–Kier alpha value is -1.15. The van der Waals surface area contributed by atoms with Crippen LogP contribution < -0.4 is 0 Å². The van der Waals surface area contributed by atoms with Crippen molar-refractivity contribution in [1.82, 2.24) is 4.31 Å². The predicted octanol–water partition coefficient (Wildman–Crippen LogP) is -0.470. The molecule has 0 spiro atoms. The van der Waals surface area contributed by atoms with Gasteiger partial charge in [0, 0.05) is 13.6 Å². The van der Waals surface area contributed by atoms with Gasteiger partial charge in [-0.1, -0.05) is 6.92 Å². The number of rotatable bonds is 6. The first-order valence-electron chi connectivity index (χ1n) is 4.90. The summed E-state index contributed by atoms with van der Waals surface area (Å²) in [5.41, 5.74) is 0. The van der Waals surface area contributed by atoms with Crippen molar-refractivity contribution in [2.24, 2.45) is 5.92 Å². The highest BCUT2D eigenvalue weighted by Crippen LogP contribution is 2.11. The summed E-state index contributed by atoms with van der Waals surface area (Å²) in [6.07, 6.45) is 0. The maximum atomic E-state index is 11.8. The molecule has 2 unspecified atom stereocenters. The van der Waals surface area contributed by atoms with Gasteiger partial charge in [-0.2, -0.15) is 0 Å². The molecule has 0 aliphatic carbocycles. The van der Waals surface area contributed by atoms with Crippen molar-refractivity contribution >= 4 is 22.0 Å². The largest absolute Gasteiger partial charge is 0.481 e. The van der Waals surface area contributed by atoms with Crippen LogP contribution in [0.3, 0.4) is 0 Å². The van der Waals surface area contributed by atoms with Crippen molar-refractivity contribution in [3.63, 3.8) is 0 Å². The van der Waals surface area contributed by atoms with Gasteiger partial charge in [0.25, 0.3) is 0 Å². The number of ether oxygens (including phenoxy) is 1. The van der Waals surface area contributed by atoms with Crippen LogP contribution in [0.1, 0.15) is 13.8 Å². The highest BCUT2D eigenvalue weighted by molar-refractivity contribution is 7.90. The van der Waals surface area contributed by atoms with E-state index >= 15 is 0 Å². The van der Waals surface area contributed by atoms with Crippen molar-refractivity contribution in [2.45, 2.75) is 19.1 Å². The molecule has 7 nitrogen and oxygen atoms in total. The Balaban J connectivity index is 4.83. The Morgan fingerprint density at radius 3 is 2.18 bits per heavy atom. The Morgan fingerprint density at radius 2 is 1.82 bits per heavy atom. The molecule has 0 radical (unpaired) electrons. The van der Waals surface area contributed by atoms with E-state index in [0.29, 0.717) is 0 Å². The molecule has 0 saturated heterocycles. The van der Waals surface area contributed by atoms with E-state index in [2.05, 4.69) is 4.74 Å². The van der Waals surface area contributed by atoms with E-state index in [1.807, 2.05) is 0 Å². The summed E-state index contributed by atoms with van der Waals surface area (Å²) >= 11 is 0. The van der Waals surface area contributed by atoms with E-state index in [0.717, 1.165) is 11.4 Å². The average molecular weight is 267 g/mol. The standard InChI is InChI=1S/C9H17NO6S/c1-6(8(11)12)5-10(3)17(14,15)7(2)9(13)16-4/h6-7H,5H2,1-4H3,(H,11,12). The number of esters is 1. The van der Waals surface area contributed by atoms with E-state index in [-0.39, 0.29) is 6.54 Å². The second kappa shape index (κ2) is 5.97. The summed E-state index contributed by atoms with van der Waals surface area (Å²) in [6, 6.07) is 0. The summed E-state index contributed by atoms with van der Waals surface area (Å²) < 4.78 is 28.8. The van der Waals surface area contributed by atoms with Crippen molar-refractivity contribution in [3.05, 3.63) is 0 Å². The van der Waals surface area contributed by atoms with Gasteiger partial charge >= 0.3 is 11.9 Å². The molecule has 0 aromatic rings. The quantitative estimate of drug-likeness (QED) is 0.653. The molecule has 8 heteroatoms. The molecule has 0 aromatic heterocycles. The van der Waals surface area contributed by atoms with Crippen LogP contribution in [0.15, 0.2) is 0 Å². The Bertz CT molecular complexity index is 390. The zero-order chi connectivity index (χ0) is 13.8. The van der Waals surface area contributed by atoms with Crippen LogP contribution in [-0.2, 0) is 24.3 Å². The fourth-order valence-corrected chi connectivity index (χ4v) is 2.44. The minimum absolute atomic E-state index is 0.195. The van der Waals surface area contributed by atoms with Gasteiger partial charge in [-0.3, -0.25) is 9.59 Å². The molecule has 0 rings (SSSR count). The molecule has 0 amide bonds. The maximum absolute atomic E-state index is 11.8. The van der Waals surface area contributed by atoms with Gasteiger partial charge in [-0.25, -0.2) is 12.7 Å². The Morgan fingerprint density at radius 1 is 1.35 bits per heavy atom. The summed E-state index contributed by atoms with van der Waals surface area (Å²) in [5.74, 6) is -2.82. The molecule has 17 heavy (non-hydrogen) atoms. The van der Waals surface area contributed by atoms with Crippen LogP contribution >= 0.6 is 0 Å². The fourth-order valence-electron chi connectivity index (χ4n) is 1.13. The first-order chi connectivity index (χ1) is 7.64. The minimum Gasteiger partial charge on any atom is -0.481 e. The molecule has 0 saturated carbocycles. The predicted molar refractivity (Wildman–Crippen MR) is 59.8 cm³/mol. The summed E-state index contributed by atoms with van der Waals surface area (Å²) in [5, 5.41) is 7.33. The van der Waals surface area contributed by atoms with Crippen LogP contribution in [0, 0.1) is 5.92 Å². The Kier molecular flexibility index (Phi) is 5.56. The van der Waals surface area contributed by atoms with Gasteiger partial charge in [0.05, 0.1) is 13.0 Å². The lowest BCUT2D eigenvalue weighted by molar-refractivity contribution is -0.141. The summed E-state index contributed by atoms with van der Waals surface area (Å²) in [4.78, 5) is 21.7. The lowest BCUT2D eigenvalue weighted by Crippen LogP contribution is -2.42. The van der Waals surface area contributed by atoms with Gasteiger partial charge in [-0.05, 0) is 6.92 Å². The number of carbonyl (C=O) groups excluding carboxylic acids is 1. The third kappa shape index (κ3) is 3.97. The Labute approximate surface area is 100 Å². The highest BCUT2D eigenvalue weighted by Gasteiger charge is 2.33. The number of carbonyl (C=O) groups is 2. The van der Waals surface area contributed by atoms with E-state index < -0.39 is 33.1 Å². The topological polar surface area (TPSA) is 101 Å². The smallest absolute Gasteiger partial charge is 0.325 e. The molecular formula is C9H17NO6S.